The van der Waals surface area contributed by atoms with E-state index < -0.39 is 11.9 Å². The molecular formula is C17H20N2O2. The highest BCUT2D eigenvalue weighted by Gasteiger charge is 2.13. The van der Waals surface area contributed by atoms with Crippen molar-refractivity contribution in [1.29, 1.82) is 0 Å². The van der Waals surface area contributed by atoms with E-state index in [4.69, 9.17) is 5.11 Å². The van der Waals surface area contributed by atoms with Crippen LogP contribution in [0.4, 0.5) is 0 Å². The van der Waals surface area contributed by atoms with Crippen LogP contribution in [0.3, 0.4) is 0 Å². The zero-order valence-electron chi connectivity index (χ0n) is 12.3. The largest absolute Gasteiger partial charge is 0.481 e. The van der Waals surface area contributed by atoms with Crippen LogP contribution in [-0.2, 0) is 11.3 Å². The van der Waals surface area contributed by atoms with Crippen LogP contribution >= 0.6 is 0 Å². The number of aromatic nitrogens is 1. The van der Waals surface area contributed by atoms with E-state index in [1.807, 2.05) is 42.5 Å². The second-order valence-electron chi connectivity index (χ2n) is 5.16. The second kappa shape index (κ2) is 6.99. The van der Waals surface area contributed by atoms with Crippen molar-refractivity contribution in [3.05, 3.63) is 65.5 Å². The SMILES string of the molecule is CC(C(=O)O)c1ccc(CN[C@@H](C)c2ccccn2)cc1. The van der Waals surface area contributed by atoms with Gasteiger partial charge in [0.15, 0.2) is 0 Å². The number of carboxylic acids is 1. The van der Waals surface area contributed by atoms with Gasteiger partial charge in [0, 0.05) is 18.8 Å². The van der Waals surface area contributed by atoms with E-state index in [-0.39, 0.29) is 6.04 Å². The van der Waals surface area contributed by atoms with E-state index in [1.54, 1.807) is 13.1 Å². The minimum Gasteiger partial charge on any atom is -0.481 e. The van der Waals surface area contributed by atoms with Crippen LogP contribution in [0.1, 0.15) is 42.6 Å². The number of hydrogen-bond acceptors (Lipinski definition) is 3. The topological polar surface area (TPSA) is 62.2 Å². The molecule has 0 bridgehead atoms. The van der Waals surface area contributed by atoms with Gasteiger partial charge < -0.3 is 10.4 Å². The van der Waals surface area contributed by atoms with E-state index in [1.165, 1.54) is 0 Å². The van der Waals surface area contributed by atoms with Gasteiger partial charge >= 0.3 is 5.97 Å². The van der Waals surface area contributed by atoms with Gasteiger partial charge in [-0.1, -0.05) is 30.3 Å². The zero-order chi connectivity index (χ0) is 15.2. The van der Waals surface area contributed by atoms with E-state index in [0.29, 0.717) is 0 Å². The quantitative estimate of drug-likeness (QED) is 0.855. The molecule has 1 aromatic carbocycles. The van der Waals surface area contributed by atoms with Gasteiger partial charge in [-0.25, -0.2) is 0 Å². The van der Waals surface area contributed by atoms with E-state index in [2.05, 4.69) is 17.2 Å². The summed E-state index contributed by atoms with van der Waals surface area (Å²) in [6, 6.07) is 13.7. The first-order valence-corrected chi connectivity index (χ1v) is 7.04. The lowest BCUT2D eigenvalue weighted by Gasteiger charge is -2.14. The smallest absolute Gasteiger partial charge is 0.310 e. The first kappa shape index (κ1) is 15.2. The molecule has 0 aliphatic heterocycles. The average molecular weight is 284 g/mol. The van der Waals surface area contributed by atoms with Gasteiger partial charge in [0.1, 0.15) is 0 Å². The van der Waals surface area contributed by atoms with Crippen LogP contribution < -0.4 is 5.32 Å². The third-order valence-electron chi connectivity index (χ3n) is 3.59. The normalized spacial score (nSPS) is 13.6. The first-order chi connectivity index (χ1) is 10.1. The summed E-state index contributed by atoms with van der Waals surface area (Å²) in [6.07, 6.45) is 1.79. The van der Waals surface area contributed by atoms with Crippen molar-refractivity contribution in [2.45, 2.75) is 32.4 Å². The molecule has 0 radical (unpaired) electrons. The molecule has 0 aliphatic carbocycles. The Morgan fingerprint density at radius 2 is 1.90 bits per heavy atom. The van der Waals surface area contributed by atoms with Gasteiger partial charge in [0.05, 0.1) is 11.6 Å². The van der Waals surface area contributed by atoms with Crippen molar-refractivity contribution < 1.29 is 9.90 Å². The Kier molecular flexibility index (Phi) is 5.06. The molecule has 2 N–H and O–H groups in total. The maximum Gasteiger partial charge on any atom is 0.310 e. The third kappa shape index (κ3) is 4.13. The fourth-order valence-corrected chi connectivity index (χ4v) is 2.07. The fourth-order valence-electron chi connectivity index (χ4n) is 2.07. The molecule has 110 valence electrons. The molecular weight excluding hydrogens is 264 g/mol. The molecule has 2 atom stereocenters. The molecule has 0 aliphatic rings. The van der Waals surface area contributed by atoms with Gasteiger partial charge in [-0.05, 0) is 37.1 Å². The van der Waals surface area contributed by atoms with Gasteiger partial charge in [-0.3, -0.25) is 9.78 Å². The Hall–Kier alpha value is -2.20. The van der Waals surface area contributed by atoms with Crippen LogP contribution in [0.15, 0.2) is 48.7 Å². The van der Waals surface area contributed by atoms with Gasteiger partial charge in [0.25, 0.3) is 0 Å². The summed E-state index contributed by atoms with van der Waals surface area (Å²) in [4.78, 5) is 15.3. The molecule has 1 aromatic heterocycles. The monoisotopic (exact) mass is 284 g/mol. The minimum atomic E-state index is -0.801. The Bertz CT molecular complexity index is 581. The van der Waals surface area contributed by atoms with Gasteiger partial charge in [0.2, 0.25) is 0 Å². The number of benzene rings is 1. The highest BCUT2D eigenvalue weighted by atomic mass is 16.4. The van der Waals surface area contributed by atoms with Crippen LogP contribution in [0.5, 0.6) is 0 Å². The van der Waals surface area contributed by atoms with Crippen LogP contribution in [0, 0.1) is 0 Å². The van der Waals surface area contributed by atoms with Crippen molar-refractivity contribution in [1.82, 2.24) is 10.3 Å². The molecule has 0 saturated carbocycles. The predicted molar refractivity (Wildman–Crippen MR) is 82.0 cm³/mol. The van der Waals surface area contributed by atoms with Gasteiger partial charge in [-0.15, -0.1) is 0 Å². The third-order valence-corrected chi connectivity index (χ3v) is 3.59. The van der Waals surface area contributed by atoms with Crippen LogP contribution in [-0.4, -0.2) is 16.1 Å². The molecule has 4 nitrogen and oxygen atoms in total. The molecule has 2 aromatic rings. The summed E-state index contributed by atoms with van der Waals surface area (Å²) in [6.45, 7) is 4.49. The van der Waals surface area contributed by atoms with Crippen LogP contribution in [0.25, 0.3) is 0 Å². The van der Waals surface area contributed by atoms with Gasteiger partial charge in [-0.2, -0.15) is 0 Å². The van der Waals surface area contributed by atoms with E-state index in [9.17, 15) is 4.79 Å². The first-order valence-electron chi connectivity index (χ1n) is 7.04. The number of rotatable bonds is 6. The lowest BCUT2D eigenvalue weighted by atomic mass is 10.00. The summed E-state index contributed by atoms with van der Waals surface area (Å²) in [5, 5.41) is 12.4. The standard InChI is InChI=1S/C17H20N2O2/c1-12(17(20)21)15-8-6-14(7-9-15)11-19-13(2)16-5-3-4-10-18-16/h3-10,12-13,19H,11H2,1-2H3,(H,20,21)/t12?,13-/m0/s1. The van der Waals surface area contributed by atoms with E-state index in [0.717, 1.165) is 23.4 Å². The Labute approximate surface area is 124 Å². The number of aliphatic carboxylic acids is 1. The molecule has 2 rings (SSSR count). The van der Waals surface area contributed by atoms with Crippen molar-refractivity contribution in [2.75, 3.05) is 0 Å². The lowest BCUT2D eigenvalue weighted by molar-refractivity contribution is -0.138. The Morgan fingerprint density at radius 1 is 1.19 bits per heavy atom. The number of nitrogens with one attached hydrogen (secondary N) is 1. The summed E-state index contributed by atoms with van der Waals surface area (Å²) in [5.74, 6) is -1.27. The Morgan fingerprint density at radius 3 is 2.48 bits per heavy atom. The molecule has 1 unspecified atom stereocenters. The zero-order valence-corrected chi connectivity index (χ0v) is 12.3. The van der Waals surface area contributed by atoms with Crippen molar-refractivity contribution in [3.63, 3.8) is 0 Å². The predicted octanol–water partition coefficient (Wildman–Crippen LogP) is 3.12. The molecule has 0 fully saturated rings. The fraction of sp³-hybridized carbons (Fsp3) is 0.294. The summed E-state index contributed by atoms with van der Waals surface area (Å²) in [7, 11) is 0. The number of pyridine rings is 1. The maximum absolute atomic E-state index is 10.9. The van der Waals surface area contributed by atoms with Crippen molar-refractivity contribution >= 4 is 5.97 Å². The van der Waals surface area contributed by atoms with Crippen LogP contribution in [0.2, 0.25) is 0 Å². The maximum atomic E-state index is 10.9. The van der Waals surface area contributed by atoms with Crippen molar-refractivity contribution in [3.8, 4) is 0 Å². The number of hydrogen-bond donors (Lipinski definition) is 2. The highest BCUT2D eigenvalue weighted by Crippen LogP contribution is 2.16. The molecule has 4 heteroatoms. The molecule has 0 amide bonds. The molecule has 0 saturated heterocycles. The number of nitrogens with zero attached hydrogens (tertiary/aromatic N) is 1. The van der Waals surface area contributed by atoms with Crippen molar-refractivity contribution in [2.24, 2.45) is 0 Å². The Balaban J connectivity index is 1.93. The minimum absolute atomic E-state index is 0.170. The average Bonchev–Trinajstić information content (AvgIpc) is 2.53. The number of carbonyl (C=O) groups is 1. The second-order valence-corrected chi connectivity index (χ2v) is 5.16. The molecule has 0 spiro atoms. The highest BCUT2D eigenvalue weighted by molar-refractivity contribution is 5.75. The summed E-state index contributed by atoms with van der Waals surface area (Å²) >= 11 is 0. The molecule has 1 heterocycles. The summed E-state index contributed by atoms with van der Waals surface area (Å²) in [5.41, 5.74) is 2.96. The molecule has 21 heavy (non-hydrogen) atoms. The number of carboxylic acid groups (broad SMARTS) is 1. The van der Waals surface area contributed by atoms with E-state index >= 15 is 0 Å². The summed E-state index contributed by atoms with van der Waals surface area (Å²) < 4.78 is 0. The lowest BCUT2D eigenvalue weighted by Crippen LogP contribution is -2.19.